The van der Waals surface area contributed by atoms with Crippen LogP contribution in [-0.4, -0.2) is 9.30 Å². The molecule has 22 heavy (non-hydrogen) atoms. The molecule has 0 heterocycles. The summed E-state index contributed by atoms with van der Waals surface area (Å²) in [5.41, 5.74) is 8.62. The Bertz CT molecular complexity index is 445. The zero-order chi connectivity index (χ0) is 16.4. The topological polar surface area (TPSA) is 26.0 Å². The average molecular weight is 436 g/mol. The van der Waals surface area contributed by atoms with Gasteiger partial charge >= 0.3 is 0 Å². The number of hydrogen-bond acceptors (Lipinski definition) is 1. The fourth-order valence-corrected chi connectivity index (χ4v) is 6.02. The molecule has 2 aliphatic carbocycles. The lowest BCUT2D eigenvalue weighted by atomic mass is 9.74. The predicted molar refractivity (Wildman–Crippen MR) is 106 cm³/mol. The van der Waals surface area contributed by atoms with Crippen molar-refractivity contribution in [3.8, 4) is 0 Å². The van der Waals surface area contributed by atoms with Crippen LogP contribution < -0.4 is 5.73 Å². The first kappa shape index (κ1) is 18.6. The lowest BCUT2D eigenvalue weighted by molar-refractivity contribution is 0.305. The van der Waals surface area contributed by atoms with Gasteiger partial charge in [0, 0.05) is 15.0 Å². The molecule has 7 atom stereocenters. The van der Waals surface area contributed by atoms with Crippen LogP contribution in [0, 0.1) is 29.6 Å². The molecule has 1 fully saturated rings. The van der Waals surface area contributed by atoms with Gasteiger partial charge in [0.05, 0.1) is 0 Å². The lowest BCUT2D eigenvalue weighted by Crippen LogP contribution is -2.35. The van der Waals surface area contributed by atoms with E-state index < -0.39 is 0 Å². The third-order valence-electron chi connectivity index (χ3n) is 5.65. The highest BCUT2D eigenvalue weighted by Gasteiger charge is 2.35. The fraction of sp³-hybridized carbons (Fsp3) is 0.789. The molecule has 0 spiro atoms. The number of allylic oxidation sites excluding steroid dienone is 4. The normalized spacial score (nSPS) is 43.8. The lowest BCUT2D eigenvalue weighted by Gasteiger charge is -2.37. The van der Waals surface area contributed by atoms with Gasteiger partial charge in [0.2, 0.25) is 0 Å². The number of rotatable bonds is 3. The maximum Gasteiger partial charge on any atom is 0.0377 e. The third kappa shape index (κ3) is 4.43. The van der Waals surface area contributed by atoms with Crippen LogP contribution in [0.1, 0.15) is 53.4 Å². The van der Waals surface area contributed by atoms with Crippen molar-refractivity contribution in [2.24, 2.45) is 35.3 Å². The summed E-state index contributed by atoms with van der Waals surface area (Å²) < 4.78 is 0.703. The van der Waals surface area contributed by atoms with Gasteiger partial charge in [-0.1, -0.05) is 61.1 Å². The molecular weight excluding hydrogens is 405 g/mol. The average Bonchev–Trinajstić information content (AvgIpc) is 2.43. The Labute approximate surface area is 155 Å². The van der Waals surface area contributed by atoms with Crippen molar-refractivity contribution in [3.05, 3.63) is 23.4 Å². The zero-order valence-corrected chi connectivity index (χ0v) is 17.3. The molecule has 3 heteroatoms. The van der Waals surface area contributed by atoms with E-state index in [2.05, 4.69) is 62.4 Å². The number of hydrogen-bond donors (Lipinski definition) is 1. The van der Waals surface area contributed by atoms with Gasteiger partial charge in [-0.3, -0.25) is 0 Å². The van der Waals surface area contributed by atoms with Gasteiger partial charge in [-0.05, 0) is 62.2 Å². The summed E-state index contributed by atoms with van der Waals surface area (Å²) in [4.78, 5) is 0. The molecular formula is C19H31ClIN. The molecule has 0 aromatic heterocycles. The molecule has 1 nitrogen and oxygen atoms in total. The SMILES string of the molecule is C/C(=C\C1C(C)C=C(N)CC1C)CC1C(Cl)CCC(C)C1I. The largest absolute Gasteiger partial charge is 0.402 e. The van der Waals surface area contributed by atoms with E-state index in [0.717, 1.165) is 24.5 Å². The number of nitrogens with two attached hydrogens (primary N) is 1. The highest BCUT2D eigenvalue weighted by Crippen LogP contribution is 2.41. The molecule has 0 radical (unpaired) electrons. The third-order valence-corrected chi connectivity index (χ3v) is 8.34. The van der Waals surface area contributed by atoms with Gasteiger partial charge in [0.1, 0.15) is 0 Å². The van der Waals surface area contributed by atoms with Gasteiger partial charge in [-0.15, -0.1) is 11.6 Å². The van der Waals surface area contributed by atoms with Crippen molar-refractivity contribution in [1.82, 2.24) is 0 Å². The van der Waals surface area contributed by atoms with Crippen LogP contribution in [0.4, 0.5) is 0 Å². The predicted octanol–water partition coefficient (Wildman–Crippen LogP) is 5.91. The van der Waals surface area contributed by atoms with Crippen LogP contribution in [-0.2, 0) is 0 Å². The fourth-order valence-electron chi connectivity index (χ4n) is 4.28. The number of halogens is 2. The van der Waals surface area contributed by atoms with Crippen LogP contribution in [0.15, 0.2) is 23.4 Å². The molecule has 0 bridgehead atoms. The monoisotopic (exact) mass is 435 g/mol. The molecule has 2 rings (SSSR count). The molecule has 1 saturated carbocycles. The second-order valence-corrected chi connectivity index (χ2v) is 9.75. The van der Waals surface area contributed by atoms with Crippen molar-refractivity contribution < 1.29 is 0 Å². The first-order valence-electron chi connectivity index (χ1n) is 8.71. The summed E-state index contributed by atoms with van der Waals surface area (Å²) in [6, 6.07) is 0. The molecule has 0 aliphatic heterocycles. The van der Waals surface area contributed by atoms with E-state index >= 15 is 0 Å². The summed E-state index contributed by atoms with van der Waals surface area (Å²) >= 11 is 9.29. The summed E-state index contributed by atoms with van der Waals surface area (Å²) in [6.45, 7) is 9.31. The van der Waals surface area contributed by atoms with E-state index in [0.29, 0.717) is 33.0 Å². The van der Waals surface area contributed by atoms with Gasteiger partial charge in [-0.2, -0.15) is 0 Å². The Hall–Kier alpha value is 0.300. The zero-order valence-electron chi connectivity index (χ0n) is 14.4. The second kappa shape index (κ2) is 7.92. The molecule has 0 amide bonds. The van der Waals surface area contributed by atoms with E-state index in [4.69, 9.17) is 17.3 Å². The van der Waals surface area contributed by atoms with E-state index in [1.165, 1.54) is 18.4 Å². The van der Waals surface area contributed by atoms with E-state index in [9.17, 15) is 0 Å². The van der Waals surface area contributed by atoms with Crippen molar-refractivity contribution in [2.75, 3.05) is 0 Å². The van der Waals surface area contributed by atoms with Gasteiger partial charge in [-0.25, -0.2) is 0 Å². The maximum absolute atomic E-state index is 6.65. The second-order valence-electron chi connectivity index (χ2n) is 7.76. The van der Waals surface area contributed by atoms with Crippen LogP contribution in [0.2, 0.25) is 0 Å². The molecule has 0 aromatic rings. The van der Waals surface area contributed by atoms with Crippen LogP contribution in [0.3, 0.4) is 0 Å². The van der Waals surface area contributed by atoms with Crippen molar-refractivity contribution in [3.63, 3.8) is 0 Å². The Morgan fingerprint density at radius 2 is 2.00 bits per heavy atom. The highest BCUT2D eigenvalue weighted by molar-refractivity contribution is 14.1. The van der Waals surface area contributed by atoms with Gasteiger partial charge in [0.15, 0.2) is 0 Å². The van der Waals surface area contributed by atoms with E-state index in [-0.39, 0.29) is 0 Å². The molecule has 0 aromatic carbocycles. The summed E-state index contributed by atoms with van der Waals surface area (Å²) in [5.74, 6) is 3.23. The minimum absolute atomic E-state index is 0.346. The Balaban J connectivity index is 2.06. The van der Waals surface area contributed by atoms with Crippen molar-refractivity contribution in [2.45, 2.75) is 62.7 Å². The summed E-state index contributed by atoms with van der Waals surface area (Å²) in [5, 5.41) is 0.346. The van der Waals surface area contributed by atoms with Gasteiger partial charge < -0.3 is 5.73 Å². The minimum atomic E-state index is 0.346. The summed E-state index contributed by atoms with van der Waals surface area (Å²) in [6.07, 6.45) is 9.41. The Kier molecular flexibility index (Phi) is 6.71. The van der Waals surface area contributed by atoms with Crippen molar-refractivity contribution >= 4 is 34.2 Å². The van der Waals surface area contributed by atoms with Crippen molar-refractivity contribution in [1.29, 1.82) is 0 Å². The van der Waals surface area contributed by atoms with Crippen LogP contribution in [0.25, 0.3) is 0 Å². The summed E-state index contributed by atoms with van der Waals surface area (Å²) in [7, 11) is 0. The quantitative estimate of drug-likeness (QED) is 0.332. The Morgan fingerprint density at radius 1 is 1.32 bits per heavy atom. The molecule has 7 unspecified atom stereocenters. The van der Waals surface area contributed by atoms with Gasteiger partial charge in [0.25, 0.3) is 0 Å². The maximum atomic E-state index is 6.65. The first-order chi connectivity index (χ1) is 10.3. The van der Waals surface area contributed by atoms with E-state index in [1.54, 1.807) is 0 Å². The van der Waals surface area contributed by atoms with Crippen LogP contribution >= 0.6 is 34.2 Å². The smallest absolute Gasteiger partial charge is 0.0377 e. The molecule has 126 valence electrons. The van der Waals surface area contributed by atoms with E-state index in [1.807, 2.05) is 0 Å². The molecule has 2 N–H and O–H groups in total. The standard InChI is InChI=1S/C19H31ClIN/c1-11(7-16-13(3)9-15(22)10-14(16)4)8-17-18(20)6-5-12(2)19(17)21/h7,9,12-14,16-19H,5-6,8,10,22H2,1-4H3/b11-7+. The number of alkyl halides is 2. The Morgan fingerprint density at radius 3 is 2.64 bits per heavy atom. The first-order valence-corrected chi connectivity index (χ1v) is 10.4. The molecule has 0 saturated heterocycles. The highest BCUT2D eigenvalue weighted by atomic mass is 127. The minimum Gasteiger partial charge on any atom is -0.402 e. The molecule has 2 aliphatic rings. The van der Waals surface area contributed by atoms with Crippen LogP contribution in [0.5, 0.6) is 0 Å².